The number of nitrogens with zero attached hydrogens (tertiary/aromatic N) is 2. The molecule has 2 heterocycles. The summed E-state index contributed by atoms with van der Waals surface area (Å²) in [4.78, 5) is 17.8. The maximum Gasteiger partial charge on any atom is 0.178 e. The van der Waals surface area contributed by atoms with Crippen molar-refractivity contribution in [2.45, 2.75) is 39.7 Å². The molecular weight excluding hydrogens is 212 g/mol. The van der Waals surface area contributed by atoms with Gasteiger partial charge in [0.25, 0.3) is 0 Å². The third-order valence-corrected chi connectivity index (χ3v) is 3.58. The summed E-state index contributed by atoms with van der Waals surface area (Å²) in [6.07, 6.45) is 4.29. The van der Waals surface area contributed by atoms with E-state index in [1.165, 1.54) is 12.8 Å². The van der Waals surface area contributed by atoms with Crippen molar-refractivity contribution in [1.82, 2.24) is 4.98 Å². The highest BCUT2D eigenvalue weighted by Crippen LogP contribution is 2.27. The average molecular weight is 232 g/mol. The zero-order valence-corrected chi connectivity index (χ0v) is 10.8. The normalized spacial score (nSPS) is 24.8. The zero-order valence-electron chi connectivity index (χ0n) is 10.8. The minimum absolute atomic E-state index is 0.0249. The van der Waals surface area contributed by atoms with Gasteiger partial charge in [0.05, 0.1) is 11.9 Å². The molecule has 0 spiro atoms. The number of pyridine rings is 1. The third-order valence-electron chi connectivity index (χ3n) is 3.58. The molecule has 92 valence electrons. The van der Waals surface area contributed by atoms with Crippen LogP contribution in [0, 0.1) is 5.92 Å². The number of rotatable bonds is 2. The fourth-order valence-electron chi connectivity index (χ4n) is 2.56. The minimum Gasteiger partial charge on any atom is -0.368 e. The lowest BCUT2D eigenvalue weighted by Gasteiger charge is -2.38. The topological polar surface area (TPSA) is 33.2 Å². The molecule has 2 unspecified atom stereocenters. The number of hydrogen-bond donors (Lipinski definition) is 0. The highest BCUT2D eigenvalue weighted by Gasteiger charge is 2.23. The summed E-state index contributed by atoms with van der Waals surface area (Å²) in [5.74, 6) is 0.836. The second-order valence-corrected chi connectivity index (χ2v) is 5.13. The lowest BCUT2D eigenvalue weighted by molar-refractivity contribution is 0.101. The van der Waals surface area contributed by atoms with Crippen LogP contribution in [0.15, 0.2) is 18.3 Å². The molecule has 0 saturated carbocycles. The Hall–Kier alpha value is -1.38. The molecule has 0 bridgehead atoms. The van der Waals surface area contributed by atoms with Gasteiger partial charge in [-0.1, -0.05) is 6.92 Å². The van der Waals surface area contributed by atoms with E-state index in [1.54, 1.807) is 6.92 Å². The van der Waals surface area contributed by atoms with Crippen LogP contribution in [0.5, 0.6) is 0 Å². The van der Waals surface area contributed by atoms with E-state index in [2.05, 4.69) is 23.7 Å². The van der Waals surface area contributed by atoms with Crippen LogP contribution in [0.2, 0.25) is 0 Å². The largest absolute Gasteiger partial charge is 0.368 e. The second-order valence-electron chi connectivity index (χ2n) is 5.13. The van der Waals surface area contributed by atoms with Gasteiger partial charge in [-0.15, -0.1) is 0 Å². The van der Waals surface area contributed by atoms with Crippen molar-refractivity contribution in [3.63, 3.8) is 0 Å². The molecule has 0 aromatic carbocycles. The quantitative estimate of drug-likeness (QED) is 0.735. The van der Waals surface area contributed by atoms with Crippen LogP contribution in [0.3, 0.4) is 0 Å². The molecule has 1 fully saturated rings. The van der Waals surface area contributed by atoms with Gasteiger partial charge in [0.1, 0.15) is 5.69 Å². The summed E-state index contributed by atoms with van der Waals surface area (Å²) < 4.78 is 0. The van der Waals surface area contributed by atoms with Crippen LogP contribution >= 0.6 is 0 Å². The van der Waals surface area contributed by atoms with Gasteiger partial charge < -0.3 is 4.90 Å². The van der Waals surface area contributed by atoms with Gasteiger partial charge in [0, 0.05) is 19.5 Å². The maximum absolute atomic E-state index is 11.2. The van der Waals surface area contributed by atoms with Crippen LogP contribution < -0.4 is 4.90 Å². The molecule has 1 saturated heterocycles. The fraction of sp³-hybridized carbons (Fsp3) is 0.571. The van der Waals surface area contributed by atoms with Gasteiger partial charge in [-0.3, -0.25) is 9.78 Å². The monoisotopic (exact) mass is 232 g/mol. The Morgan fingerprint density at radius 2 is 2.18 bits per heavy atom. The molecule has 1 aromatic rings. The average Bonchev–Trinajstić information content (AvgIpc) is 2.29. The first-order valence-corrected chi connectivity index (χ1v) is 6.31. The Bertz CT molecular complexity index is 399. The van der Waals surface area contributed by atoms with Crippen LogP contribution in [-0.4, -0.2) is 23.4 Å². The smallest absolute Gasteiger partial charge is 0.178 e. The van der Waals surface area contributed by atoms with Crippen LogP contribution in [0.1, 0.15) is 44.1 Å². The molecule has 0 aliphatic carbocycles. The van der Waals surface area contributed by atoms with Crippen molar-refractivity contribution >= 4 is 11.5 Å². The summed E-state index contributed by atoms with van der Waals surface area (Å²) in [6, 6.07) is 4.39. The Balaban J connectivity index is 2.14. The van der Waals surface area contributed by atoms with E-state index < -0.39 is 0 Å². The molecule has 2 rings (SSSR count). The van der Waals surface area contributed by atoms with E-state index >= 15 is 0 Å². The predicted molar refractivity (Wildman–Crippen MR) is 69.4 cm³/mol. The molecule has 3 heteroatoms. The number of carbonyl (C=O) groups is 1. The molecule has 1 aliphatic heterocycles. The summed E-state index contributed by atoms with van der Waals surface area (Å²) in [6.45, 7) is 7.20. The maximum atomic E-state index is 11.2. The lowest BCUT2D eigenvalue weighted by atomic mass is 9.93. The zero-order chi connectivity index (χ0) is 12.4. The number of piperidine rings is 1. The van der Waals surface area contributed by atoms with Crippen LogP contribution in [0.25, 0.3) is 0 Å². The molecular formula is C14H20N2O. The van der Waals surface area contributed by atoms with Crippen molar-refractivity contribution in [1.29, 1.82) is 0 Å². The summed E-state index contributed by atoms with van der Waals surface area (Å²) in [5.41, 5.74) is 1.68. The molecule has 2 atom stereocenters. The van der Waals surface area contributed by atoms with E-state index in [9.17, 15) is 4.79 Å². The Kier molecular flexibility index (Phi) is 3.46. The molecule has 3 nitrogen and oxygen atoms in total. The molecule has 1 aromatic heterocycles. The Morgan fingerprint density at radius 1 is 1.41 bits per heavy atom. The fourth-order valence-corrected chi connectivity index (χ4v) is 2.56. The van der Waals surface area contributed by atoms with E-state index in [0.717, 1.165) is 18.2 Å². The first-order chi connectivity index (χ1) is 8.08. The van der Waals surface area contributed by atoms with E-state index in [-0.39, 0.29) is 5.78 Å². The first kappa shape index (κ1) is 12.1. The van der Waals surface area contributed by atoms with E-state index in [0.29, 0.717) is 11.7 Å². The van der Waals surface area contributed by atoms with Gasteiger partial charge >= 0.3 is 0 Å². The third kappa shape index (κ3) is 2.65. The van der Waals surface area contributed by atoms with Crippen molar-refractivity contribution in [2.24, 2.45) is 5.92 Å². The Morgan fingerprint density at radius 3 is 2.71 bits per heavy atom. The highest BCUT2D eigenvalue weighted by molar-refractivity contribution is 5.92. The Labute approximate surface area is 103 Å². The minimum atomic E-state index is 0.0249. The van der Waals surface area contributed by atoms with Crippen molar-refractivity contribution < 1.29 is 4.79 Å². The SMILES string of the molecule is CC(=O)c1ccc(N2CCC(C)CC2C)cn1. The number of aromatic nitrogens is 1. The first-order valence-electron chi connectivity index (χ1n) is 6.31. The van der Waals surface area contributed by atoms with Gasteiger partial charge in [0.15, 0.2) is 5.78 Å². The van der Waals surface area contributed by atoms with Gasteiger partial charge in [0.2, 0.25) is 0 Å². The second kappa shape index (κ2) is 4.86. The predicted octanol–water partition coefficient (Wildman–Crippen LogP) is 2.91. The number of carbonyl (C=O) groups excluding carboxylic acids is 1. The number of ketones is 1. The van der Waals surface area contributed by atoms with Gasteiger partial charge in [-0.2, -0.15) is 0 Å². The summed E-state index contributed by atoms with van der Waals surface area (Å²) in [7, 11) is 0. The number of Topliss-reactive ketones (excluding diaryl/α,β-unsaturated/α-hetero) is 1. The summed E-state index contributed by atoms with van der Waals surface area (Å²) in [5, 5.41) is 0. The molecule has 17 heavy (non-hydrogen) atoms. The molecule has 0 N–H and O–H groups in total. The van der Waals surface area contributed by atoms with Crippen LogP contribution in [0.4, 0.5) is 5.69 Å². The number of hydrogen-bond acceptors (Lipinski definition) is 3. The van der Waals surface area contributed by atoms with E-state index in [1.807, 2.05) is 18.3 Å². The highest BCUT2D eigenvalue weighted by atomic mass is 16.1. The van der Waals surface area contributed by atoms with Crippen molar-refractivity contribution in [3.8, 4) is 0 Å². The molecule has 0 amide bonds. The molecule has 1 aliphatic rings. The van der Waals surface area contributed by atoms with Gasteiger partial charge in [-0.25, -0.2) is 0 Å². The summed E-state index contributed by atoms with van der Waals surface area (Å²) >= 11 is 0. The lowest BCUT2D eigenvalue weighted by Crippen LogP contribution is -2.40. The molecule has 0 radical (unpaired) electrons. The van der Waals surface area contributed by atoms with Crippen molar-refractivity contribution in [3.05, 3.63) is 24.0 Å². The number of anilines is 1. The standard InChI is InChI=1S/C14H20N2O/c1-10-6-7-16(11(2)8-10)13-4-5-14(12(3)17)15-9-13/h4-5,9-11H,6-8H2,1-3H3. The van der Waals surface area contributed by atoms with Crippen molar-refractivity contribution in [2.75, 3.05) is 11.4 Å². The van der Waals surface area contributed by atoms with Gasteiger partial charge in [-0.05, 0) is 37.8 Å². The van der Waals surface area contributed by atoms with E-state index in [4.69, 9.17) is 0 Å². The van der Waals surface area contributed by atoms with Crippen LogP contribution in [-0.2, 0) is 0 Å².